The van der Waals surface area contributed by atoms with E-state index in [1.165, 1.54) is 5.56 Å². The van der Waals surface area contributed by atoms with Crippen LogP contribution in [0.25, 0.3) is 0 Å². The van der Waals surface area contributed by atoms with Crippen molar-refractivity contribution in [3.8, 4) is 0 Å². The first-order valence-electron chi connectivity index (χ1n) is 4.34. The summed E-state index contributed by atoms with van der Waals surface area (Å²) in [6.45, 7) is 2.09. The van der Waals surface area contributed by atoms with Crippen molar-refractivity contribution < 1.29 is 0 Å². The molecular formula is C10H11ClN2. The van der Waals surface area contributed by atoms with E-state index in [4.69, 9.17) is 11.6 Å². The van der Waals surface area contributed by atoms with Crippen molar-refractivity contribution in [2.45, 2.75) is 19.4 Å². The Kier molecular flexibility index (Phi) is 2.23. The molecule has 3 heteroatoms. The van der Waals surface area contributed by atoms with E-state index < -0.39 is 0 Å². The van der Waals surface area contributed by atoms with Crippen molar-refractivity contribution in [2.24, 2.45) is 5.10 Å². The molecule has 0 fully saturated rings. The first-order valence-corrected chi connectivity index (χ1v) is 4.72. The van der Waals surface area contributed by atoms with Crippen LogP contribution in [0.5, 0.6) is 0 Å². The summed E-state index contributed by atoms with van der Waals surface area (Å²) in [6, 6.07) is 8.45. The van der Waals surface area contributed by atoms with Gasteiger partial charge in [0.1, 0.15) is 0 Å². The number of benzene rings is 1. The van der Waals surface area contributed by atoms with Crippen LogP contribution in [0.15, 0.2) is 29.4 Å². The molecule has 1 aromatic rings. The second-order valence-corrected chi connectivity index (χ2v) is 3.65. The molecule has 1 aromatic carbocycles. The van der Waals surface area contributed by atoms with Gasteiger partial charge in [-0.2, -0.15) is 5.10 Å². The van der Waals surface area contributed by atoms with Crippen LogP contribution >= 0.6 is 11.6 Å². The number of fused-ring (bicyclic) bond motifs is 1. The van der Waals surface area contributed by atoms with Gasteiger partial charge >= 0.3 is 0 Å². The maximum absolute atomic E-state index is 6.00. The monoisotopic (exact) mass is 194 g/mol. The van der Waals surface area contributed by atoms with Crippen molar-refractivity contribution in [1.29, 1.82) is 0 Å². The second-order valence-electron chi connectivity index (χ2n) is 3.29. The van der Waals surface area contributed by atoms with E-state index >= 15 is 0 Å². The summed E-state index contributed by atoms with van der Waals surface area (Å²) in [5, 5.41) is 4.63. The van der Waals surface area contributed by atoms with E-state index in [1.807, 2.05) is 18.2 Å². The molecule has 0 spiro atoms. The summed E-state index contributed by atoms with van der Waals surface area (Å²) < 4.78 is 0. The molecule has 0 saturated heterocycles. The van der Waals surface area contributed by atoms with Gasteiger partial charge in [0, 0.05) is 11.6 Å². The lowest BCUT2D eigenvalue weighted by Crippen LogP contribution is -2.21. The number of nitrogens with zero attached hydrogens (tertiary/aromatic N) is 1. The van der Waals surface area contributed by atoms with Crippen LogP contribution in [0.1, 0.15) is 18.1 Å². The lowest BCUT2D eigenvalue weighted by atomic mass is 10.0. The minimum Gasteiger partial charge on any atom is -0.306 e. The molecule has 1 aliphatic heterocycles. The standard InChI is InChI=1S/C10H11ClN2/c1-7-6-8-4-2-3-5-9(8)10(11)13-12-7/h2-5,7,12H,6H2,1H3. The predicted octanol–water partition coefficient (Wildman–Crippen LogP) is 2.12. The number of hydrogen-bond donors (Lipinski definition) is 1. The first-order chi connectivity index (χ1) is 6.27. The average Bonchev–Trinajstić information content (AvgIpc) is 2.27. The molecule has 1 unspecified atom stereocenters. The molecule has 1 N–H and O–H groups in total. The Labute approximate surface area is 82.6 Å². The van der Waals surface area contributed by atoms with E-state index in [2.05, 4.69) is 23.5 Å². The predicted molar refractivity (Wildman–Crippen MR) is 55.1 cm³/mol. The topological polar surface area (TPSA) is 24.4 Å². The zero-order valence-corrected chi connectivity index (χ0v) is 8.17. The van der Waals surface area contributed by atoms with Gasteiger partial charge in [0.25, 0.3) is 0 Å². The molecule has 0 radical (unpaired) electrons. The Bertz CT molecular complexity index is 347. The fraction of sp³-hybridized carbons (Fsp3) is 0.300. The lowest BCUT2D eigenvalue weighted by molar-refractivity contribution is 0.577. The third kappa shape index (κ3) is 1.68. The highest BCUT2D eigenvalue weighted by Crippen LogP contribution is 2.16. The molecule has 2 nitrogen and oxygen atoms in total. The zero-order chi connectivity index (χ0) is 9.26. The van der Waals surface area contributed by atoms with Gasteiger partial charge < -0.3 is 5.43 Å². The van der Waals surface area contributed by atoms with Crippen molar-refractivity contribution in [1.82, 2.24) is 5.43 Å². The Morgan fingerprint density at radius 1 is 1.46 bits per heavy atom. The highest BCUT2D eigenvalue weighted by molar-refractivity contribution is 6.69. The summed E-state index contributed by atoms with van der Waals surface area (Å²) >= 11 is 6.00. The summed E-state index contributed by atoms with van der Waals surface area (Å²) in [7, 11) is 0. The number of hydrazone groups is 1. The third-order valence-electron chi connectivity index (χ3n) is 2.15. The van der Waals surface area contributed by atoms with Gasteiger partial charge in [-0.25, -0.2) is 0 Å². The van der Waals surface area contributed by atoms with Crippen molar-refractivity contribution in [2.75, 3.05) is 0 Å². The van der Waals surface area contributed by atoms with E-state index in [0.717, 1.165) is 12.0 Å². The van der Waals surface area contributed by atoms with Crippen molar-refractivity contribution in [3.63, 3.8) is 0 Å². The van der Waals surface area contributed by atoms with Gasteiger partial charge in [0.2, 0.25) is 0 Å². The largest absolute Gasteiger partial charge is 0.306 e. The average molecular weight is 195 g/mol. The van der Waals surface area contributed by atoms with Crippen LogP contribution < -0.4 is 5.43 Å². The van der Waals surface area contributed by atoms with Crippen LogP contribution in [0.2, 0.25) is 0 Å². The molecule has 68 valence electrons. The molecule has 1 aliphatic rings. The zero-order valence-electron chi connectivity index (χ0n) is 7.42. The van der Waals surface area contributed by atoms with Gasteiger partial charge in [-0.15, -0.1) is 0 Å². The van der Waals surface area contributed by atoms with Crippen LogP contribution in [0.3, 0.4) is 0 Å². The van der Waals surface area contributed by atoms with Crippen LogP contribution in [-0.2, 0) is 6.42 Å². The smallest absolute Gasteiger partial charge is 0.156 e. The summed E-state index contributed by atoms with van der Waals surface area (Å²) in [4.78, 5) is 0. The molecule has 0 aliphatic carbocycles. The molecule has 1 atom stereocenters. The Morgan fingerprint density at radius 2 is 2.23 bits per heavy atom. The fourth-order valence-corrected chi connectivity index (χ4v) is 1.74. The number of rotatable bonds is 0. The third-order valence-corrected chi connectivity index (χ3v) is 2.44. The maximum Gasteiger partial charge on any atom is 0.156 e. The Hall–Kier alpha value is -1.02. The molecular weight excluding hydrogens is 184 g/mol. The van der Waals surface area contributed by atoms with Gasteiger partial charge in [-0.1, -0.05) is 35.9 Å². The fourth-order valence-electron chi connectivity index (χ4n) is 1.50. The quantitative estimate of drug-likeness (QED) is 0.672. The second kappa shape index (κ2) is 3.38. The Morgan fingerprint density at radius 3 is 3.08 bits per heavy atom. The van der Waals surface area contributed by atoms with Gasteiger partial charge in [-0.05, 0) is 18.9 Å². The number of nitrogens with one attached hydrogen (secondary N) is 1. The maximum atomic E-state index is 6.00. The van der Waals surface area contributed by atoms with Crippen molar-refractivity contribution >= 4 is 16.8 Å². The first kappa shape index (κ1) is 8.57. The number of halogens is 1. The SMILES string of the molecule is CC1Cc2ccccc2C(Cl)=NN1. The normalized spacial score (nSPS) is 21.1. The van der Waals surface area contributed by atoms with Crippen molar-refractivity contribution in [3.05, 3.63) is 35.4 Å². The van der Waals surface area contributed by atoms with E-state index in [-0.39, 0.29) is 0 Å². The molecule has 0 aromatic heterocycles. The summed E-state index contributed by atoms with van der Waals surface area (Å²) in [5.74, 6) is 0. The van der Waals surface area contributed by atoms with E-state index in [0.29, 0.717) is 11.2 Å². The van der Waals surface area contributed by atoms with Gasteiger partial charge in [0.05, 0.1) is 0 Å². The van der Waals surface area contributed by atoms with Gasteiger partial charge in [-0.3, -0.25) is 0 Å². The highest BCUT2D eigenvalue weighted by atomic mass is 35.5. The molecule has 1 heterocycles. The van der Waals surface area contributed by atoms with Crippen LogP contribution in [-0.4, -0.2) is 11.2 Å². The minimum absolute atomic E-state index is 0.345. The highest BCUT2D eigenvalue weighted by Gasteiger charge is 2.13. The molecule has 0 saturated carbocycles. The molecule has 13 heavy (non-hydrogen) atoms. The molecule has 2 rings (SSSR count). The lowest BCUT2D eigenvalue weighted by Gasteiger charge is -2.07. The van der Waals surface area contributed by atoms with Gasteiger partial charge in [0.15, 0.2) is 5.17 Å². The summed E-state index contributed by atoms with van der Waals surface area (Å²) in [6.07, 6.45) is 0.968. The molecule has 0 bridgehead atoms. The summed E-state index contributed by atoms with van der Waals surface area (Å²) in [5.41, 5.74) is 5.30. The Balaban J connectivity index is 2.49. The van der Waals surface area contributed by atoms with Crippen LogP contribution in [0.4, 0.5) is 0 Å². The number of hydrogen-bond acceptors (Lipinski definition) is 2. The van der Waals surface area contributed by atoms with Crippen LogP contribution in [0, 0.1) is 0 Å². The minimum atomic E-state index is 0.345. The van der Waals surface area contributed by atoms with E-state index in [1.54, 1.807) is 0 Å². The van der Waals surface area contributed by atoms with E-state index in [9.17, 15) is 0 Å². The molecule has 0 amide bonds.